The molecule has 1 amide bonds. The number of aryl methyl sites for hydroxylation is 1. The van der Waals surface area contributed by atoms with Gasteiger partial charge >= 0.3 is 5.97 Å². The van der Waals surface area contributed by atoms with Gasteiger partial charge in [0, 0.05) is 29.4 Å². The molecule has 0 N–H and O–H groups in total. The number of esters is 1. The van der Waals surface area contributed by atoms with Crippen molar-refractivity contribution in [1.82, 2.24) is 9.88 Å². The Kier molecular flexibility index (Phi) is 7.61. The van der Waals surface area contributed by atoms with Crippen LogP contribution in [0.15, 0.2) is 28.7 Å². The third kappa shape index (κ3) is 5.76. The van der Waals surface area contributed by atoms with E-state index in [9.17, 15) is 9.59 Å². The van der Waals surface area contributed by atoms with Crippen LogP contribution in [0.1, 0.15) is 31.2 Å². The average Bonchev–Trinajstić information content (AvgIpc) is 3.09. The number of nitrogens with zero attached hydrogens (tertiary/aromatic N) is 2. The Labute approximate surface area is 179 Å². The summed E-state index contributed by atoms with van der Waals surface area (Å²) in [5.74, 6) is 1.86. The quantitative estimate of drug-likeness (QED) is 0.601. The summed E-state index contributed by atoms with van der Waals surface area (Å²) >= 11 is 7.43. The lowest BCUT2D eigenvalue weighted by molar-refractivity contribution is -0.151. The van der Waals surface area contributed by atoms with Crippen molar-refractivity contribution in [2.75, 3.05) is 25.4 Å². The molecular weight excluding hydrogens is 412 g/mol. The van der Waals surface area contributed by atoms with E-state index in [4.69, 9.17) is 20.8 Å². The van der Waals surface area contributed by atoms with Gasteiger partial charge in [-0.05, 0) is 51.0 Å². The van der Waals surface area contributed by atoms with Crippen LogP contribution >= 0.6 is 23.4 Å². The fourth-order valence-electron chi connectivity index (χ4n) is 3.26. The van der Waals surface area contributed by atoms with Gasteiger partial charge in [0.15, 0.2) is 0 Å². The summed E-state index contributed by atoms with van der Waals surface area (Å²) in [7, 11) is 0. The number of likely N-dealkylation sites (tertiary alicyclic amines) is 1. The summed E-state index contributed by atoms with van der Waals surface area (Å²) in [5.41, 5.74) is 1.69. The predicted octanol–water partition coefficient (Wildman–Crippen LogP) is 4.34. The van der Waals surface area contributed by atoms with Gasteiger partial charge in [0.05, 0.1) is 24.0 Å². The van der Waals surface area contributed by atoms with E-state index in [0.717, 1.165) is 29.9 Å². The van der Waals surface area contributed by atoms with Gasteiger partial charge in [0.1, 0.15) is 5.76 Å². The van der Waals surface area contributed by atoms with E-state index in [1.165, 1.54) is 11.8 Å². The van der Waals surface area contributed by atoms with Crippen molar-refractivity contribution in [2.45, 2.75) is 32.4 Å². The molecule has 1 unspecified atom stereocenters. The number of hydrogen-bond acceptors (Lipinski definition) is 6. The first-order chi connectivity index (χ1) is 14.0. The molecule has 0 radical (unpaired) electrons. The summed E-state index contributed by atoms with van der Waals surface area (Å²) in [5, 5.41) is 0.661. The van der Waals surface area contributed by atoms with Crippen LogP contribution in [0.4, 0.5) is 0 Å². The van der Waals surface area contributed by atoms with Gasteiger partial charge in [0.2, 0.25) is 11.8 Å². The number of oxazole rings is 1. The highest BCUT2D eigenvalue weighted by Gasteiger charge is 2.29. The minimum Gasteiger partial charge on any atom is -0.466 e. The second-order valence-electron chi connectivity index (χ2n) is 6.95. The molecule has 1 aliphatic rings. The SMILES string of the molecule is CCOC(=O)C1CCCN(C(=O)CSCc2nc(-c3ccc(Cl)cc3)oc2C)C1. The smallest absolute Gasteiger partial charge is 0.310 e. The standard InChI is InChI=1S/C21H25ClN2O4S/c1-3-27-21(26)16-5-4-10-24(11-16)19(25)13-29-12-18-14(2)28-20(23-18)15-6-8-17(22)9-7-15/h6-9,16H,3-5,10-13H2,1-2H3. The number of rotatable bonds is 7. The molecule has 2 aromatic rings. The average molecular weight is 437 g/mol. The second-order valence-corrected chi connectivity index (χ2v) is 8.37. The van der Waals surface area contributed by atoms with Crippen molar-refractivity contribution < 1.29 is 18.7 Å². The van der Waals surface area contributed by atoms with Crippen LogP contribution < -0.4 is 0 Å². The molecule has 8 heteroatoms. The number of thioether (sulfide) groups is 1. The van der Waals surface area contributed by atoms with Crippen molar-refractivity contribution >= 4 is 35.2 Å². The van der Waals surface area contributed by atoms with Crippen molar-refractivity contribution in [3.63, 3.8) is 0 Å². The molecule has 29 heavy (non-hydrogen) atoms. The molecule has 1 aliphatic heterocycles. The van der Waals surface area contributed by atoms with Crippen molar-refractivity contribution in [1.29, 1.82) is 0 Å². The minimum absolute atomic E-state index is 0.0445. The Balaban J connectivity index is 1.51. The molecule has 3 rings (SSSR count). The van der Waals surface area contributed by atoms with E-state index in [2.05, 4.69) is 4.98 Å². The summed E-state index contributed by atoms with van der Waals surface area (Å²) in [6, 6.07) is 7.33. The summed E-state index contributed by atoms with van der Waals surface area (Å²) in [6.07, 6.45) is 1.61. The zero-order chi connectivity index (χ0) is 20.8. The fourth-order valence-corrected chi connectivity index (χ4v) is 4.31. The third-order valence-corrected chi connectivity index (χ3v) is 6.02. The Bertz CT molecular complexity index is 853. The molecule has 1 aromatic carbocycles. The second kappa shape index (κ2) is 10.2. The number of carbonyl (C=O) groups is 2. The topological polar surface area (TPSA) is 72.6 Å². The van der Waals surface area contributed by atoms with Crippen LogP contribution in [-0.2, 0) is 20.1 Å². The Hall–Kier alpha value is -1.99. The summed E-state index contributed by atoms with van der Waals surface area (Å²) in [6.45, 7) is 5.18. The molecule has 156 valence electrons. The lowest BCUT2D eigenvalue weighted by Crippen LogP contribution is -2.43. The summed E-state index contributed by atoms with van der Waals surface area (Å²) in [4.78, 5) is 30.8. The van der Waals surface area contributed by atoms with Gasteiger partial charge in [-0.2, -0.15) is 0 Å². The number of hydrogen-bond donors (Lipinski definition) is 0. The van der Waals surface area contributed by atoms with Crippen molar-refractivity contribution in [3.05, 3.63) is 40.7 Å². The van der Waals surface area contributed by atoms with Crippen molar-refractivity contribution in [2.24, 2.45) is 5.92 Å². The molecule has 2 heterocycles. The van der Waals surface area contributed by atoms with Gasteiger partial charge in [-0.1, -0.05) is 11.6 Å². The van der Waals surface area contributed by atoms with Gasteiger partial charge in [0.25, 0.3) is 0 Å². The van der Waals surface area contributed by atoms with Crippen LogP contribution in [-0.4, -0.2) is 47.2 Å². The molecular formula is C21H25ClN2O4S. The van der Waals surface area contributed by atoms with E-state index in [0.29, 0.717) is 42.1 Å². The molecule has 0 aliphatic carbocycles. The molecule has 0 bridgehead atoms. The lowest BCUT2D eigenvalue weighted by atomic mass is 9.98. The Morgan fingerprint density at radius 3 is 2.83 bits per heavy atom. The number of aromatic nitrogens is 1. The van der Waals surface area contributed by atoms with Crippen LogP contribution in [0.5, 0.6) is 0 Å². The number of benzene rings is 1. The monoisotopic (exact) mass is 436 g/mol. The first-order valence-electron chi connectivity index (χ1n) is 9.72. The highest BCUT2D eigenvalue weighted by atomic mass is 35.5. The first kappa shape index (κ1) is 21.7. The number of amides is 1. The van der Waals surface area contributed by atoms with Crippen molar-refractivity contribution in [3.8, 4) is 11.5 Å². The zero-order valence-corrected chi connectivity index (χ0v) is 18.2. The molecule has 0 saturated carbocycles. The first-order valence-corrected chi connectivity index (χ1v) is 11.3. The number of halogens is 1. The number of carbonyl (C=O) groups excluding carboxylic acids is 2. The highest BCUT2D eigenvalue weighted by Crippen LogP contribution is 2.26. The predicted molar refractivity (Wildman–Crippen MR) is 114 cm³/mol. The normalized spacial score (nSPS) is 16.7. The zero-order valence-electron chi connectivity index (χ0n) is 16.7. The maximum absolute atomic E-state index is 12.6. The Morgan fingerprint density at radius 1 is 1.34 bits per heavy atom. The summed E-state index contributed by atoms with van der Waals surface area (Å²) < 4.78 is 10.9. The molecule has 1 saturated heterocycles. The molecule has 6 nitrogen and oxygen atoms in total. The molecule has 1 fully saturated rings. The molecule has 0 spiro atoms. The van der Waals surface area contributed by atoms with Gasteiger partial charge < -0.3 is 14.1 Å². The van der Waals surface area contributed by atoms with Crippen LogP contribution in [0.25, 0.3) is 11.5 Å². The van der Waals surface area contributed by atoms with E-state index < -0.39 is 0 Å². The van der Waals surface area contributed by atoms with Crippen LogP contribution in [0.3, 0.4) is 0 Å². The third-order valence-electron chi connectivity index (χ3n) is 4.84. The van der Waals surface area contributed by atoms with E-state index in [1.807, 2.05) is 19.1 Å². The maximum Gasteiger partial charge on any atom is 0.310 e. The highest BCUT2D eigenvalue weighted by molar-refractivity contribution is 7.99. The minimum atomic E-state index is -0.211. The van der Waals surface area contributed by atoms with Crippen LogP contribution in [0.2, 0.25) is 5.02 Å². The van der Waals surface area contributed by atoms with Gasteiger partial charge in [-0.25, -0.2) is 4.98 Å². The fraction of sp³-hybridized carbons (Fsp3) is 0.476. The molecule has 1 atom stereocenters. The van der Waals surface area contributed by atoms with Crippen LogP contribution in [0, 0.1) is 12.8 Å². The maximum atomic E-state index is 12.6. The number of piperidine rings is 1. The van der Waals surface area contributed by atoms with E-state index in [-0.39, 0.29) is 17.8 Å². The van der Waals surface area contributed by atoms with E-state index in [1.54, 1.807) is 24.0 Å². The largest absolute Gasteiger partial charge is 0.466 e. The number of ether oxygens (including phenoxy) is 1. The molecule has 1 aromatic heterocycles. The lowest BCUT2D eigenvalue weighted by Gasteiger charge is -2.31. The Morgan fingerprint density at radius 2 is 2.10 bits per heavy atom. The van der Waals surface area contributed by atoms with Gasteiger partial charge in [-0.3, -0.25) is 9.59 Å². The van der Waals surface area contributed by atoms with Gasteiger partial charge in [-0.15, -0.1) is 11.8 Å². The van der Waals surface area contributed by atoms with E-state index >= 15 is 0 Å².